The molecular weight excluding hydrogens is 164 g/mol. The van der Waals surface area contributed by atoms with E-state index in [1.54, 1.807) is 0 Å². The van der Waals surface area contributed by atoms with Crippen LogP contribution in [-0.2, 0) is 14.6 Å². The molecule has 0 N–H and O–H groups in total. The third-order valence-corrected chi connectivity index (χ3v) is 5.04. The Morgan fingerprint density at radius 3 is 2.64 bits per heavy atom. The number of carbonyl (C=O) groups excluding carboxylic acids is 1. The molecule has 2 aliphatic rings. The predicted octanol–water partition coefficient (Wildman–Crippen LogP) is 0.00850. The summed E-state index contributed by atoms with van der Waals surface area (Å²) in [4.78, 5) is 10.4. The molecule has 0 aromatic carbocycles. The van der Waals surface area contributed by atoms with Crippen LogP contribution in [0.25, 0.3) is 0 Å². The number of hydrogen-bond donors (Lipinski definition) is 0. The Morgan fingerprint density at radius 1 is 1.36 bits per heavy atom. The van der Waals surface area contributed by atoms with Gasteiger partial charge in [0.05, 0.1) is 11.0 Å². The summed E-state index contributed by atoms with van der Waals surface area (Å²) in [6.07, 6.45) is 2.47. The first-order valence-corrected chi connectivity index (χ1v) is 5.55. The third-order valence-electron chi connectivity index (χ3n) is 2.69. The Bertz CT molecular complexity index is 280. The second kappa shape index (κ2) is 2.06. The van der Waals surface area contributed by atoms with Crippen LogP contribution in [-0.4, -0.2) is 25.7 Å². The lowest BCUT2D eigenvalue weighted by Crippen LogP contribution is -2.18. The highest BCUT2D eigenvalue weighted by Gasteiger charge is 2.59. The SMILES string of the molecule is O=CC1[C@H]2CCCS(=O)(=O)[C@@H]12. The third kappa shape index (κ3) is 0.922. The van der Waals surface area contributed by atoms with Crippen molar-refractivity contribution < 1.29 is 13.2 Å². The van der Waals surface area contributed by atoms with Crippen LogP contribution in [0.4, 0.5) is 0 Å². The second-order valence-corrected chi connectivity index (χ2v) is 5.63. The maximum absolute atomic E-state index is 11.2. The summed E-state index contributed by atoms with van der Waals surface area (Å²) in [5, 5.41) is -0.297. The molecular formula is C7H10O3S. The molecule has 0 bridgehead atoms. The first-order valence-electron chi connectivity index (χ1n) is 3.83. The Labute approximate surface area is 65.7 Å². The molecule has 1 aliphatic carbocycles. The topological polar surface area (TPSA) is 51.2 Å². The van der Waals surface area contributed by atoms with Crippen molar-refractivity contribution >= 4 is 16.1 Å². The van der Waals surface area contributed by atoms with E-state index in [9.17, 15) is 13.2 Å². The predicted molar refractivity (Wildman–Crippen MR) is 39.9 cm³/mol. The van der Waals surface area contributed by atoms with Gasteiger partial charge >= 0.3 is 0 Å². The van der Waals surface area contributed by atoms with E-state index < -0.39 is 9.84 Å². The highest BCUT2D eigenvalue weighted by atomic mass is 32.2. The second-order valence-electron chi connectivity index (χ2n) is 3.35. The minimum absolute atomic E-state index is 0.164. The molecule has 1 unspecified atom stereocenters. The zero-order valence-corrected chi connectivity index (χ0v) is 6.88. The van der Waals surface area contributed by atoms with Crippen molar-refractivity contribution in [2.45, 2.75) is 18.1 Å². The first-order chi connectivity index (χ1) is 5.17. The summed E-state index contributed by atoms with van der Waals surface area (Å²) >= 11 is 0. The minimum atomic E-state index is -2.88. The fraction of sp³-hybridized carbons (Fsp3) is 0.857. The molecule has 1 aliphatic heterocycles. The van der Waals surface area contributed by atoms with Gasteiger partial charge < -0.3 is 4.79 Å². The van der Waals surface area contributed by atoms with E-state index in [-0.39, 0.29) is 17.1 Å². The van der Waals surface area contributed by atoms with Crippen molar-refractivity contribution in [2.75, 3.05) is 5.75 Å². The number of sulfone groups is 1. The van der Waals surface area contributed by atoms with Gasteiger partial charge in [-0.2, -0.15) is 0 Å². The van der Waals surface area contributed by atoms with E-state index in [0.29, 0.717) is 5.75 Å². The Balaban J connectivity index is 2.26. The molecule has 11 heavy (non-hydrogen) atoms. The summed E-state index contributed by atoms with van der Waals surface area (Å²) in [5.74, 6) is 0.298. The van der Waals surface area contributed by atoms with Crippen molar-refractivity contribution in [2.24, 2.45) is 11.8 Å². The smallest absolute Gasteiger partial charge is 0.154 e. The lowest BCUT2D eigenvalue weighted by atomic mass is 10.2. The normalized spacial score (nSPS) is 46.0. The van der Waals surface area contributed by atoms with Gasteiger partial charge in [0.1, 0.15) is 6.29 Å². The number of fused-ring (bicyclic) bond motifs is 1. The summed E-state index contributed by atoms with van der Waals surface area (Å²) in [7, 11) is -2.88. The van der Waals surface area contributed by atoms with Gasteiger partial charge in [-0.05, 0) is 18.8 Å². The molecule has 4 heteroatoms. The van der Waals surface area contributed by atoms with Gasteiger partial charge in [0.2, 0.25) is 0 Å². The van der Waals surface area contributed by atoms with Crippen molar-refractivity contribution in [1.29, 1.82) is 0 Å². The summed E-state index contributed by atoms with van der Waals surface area (Å²) < 4.78 is 22.5. The van der Waals surface area contributed by atoms with E-state index in [1.807, 2.05) is 0 Å². The standard InChI is InChI=1S/C7H10O3S/c8-4-6-5-2-1-3-11(9,10)7(5)6/h4-7H,1-3H2/t5-,6?,7-/m1/s1. The number of rotatable bonds is 1. The van der Waals surface area contributed by atoms with Gasteiger partial charge in [0.15, 0.2) is 9.84 Å². The van der Waals surface area contributed by atoms with E-state index in [4.69, 9.17) is 0 Å². The Hall–Kier alpha value is -0.380. The molecule has 0 spiro atoms. The van der Waals surface area contributed by atoms with Crippen molar-refractivity contribution in [3.05, 3.63) is 0 Å². The molecule has 0 aromatic rings. The minimum Gasteiger partial charge on any atom is -0.303 e. The highest BCUT2D eigenvalue weighted by Crippen LogP contribution is 2.49. The monoisotopic (exact) mass is 174 g/mol. The van der Waals surface area contributed by atoms with Crippen LogP contribution >= 0.6 is 0 Å². The zero-order chi connectivity index (χ0) is 8.06. The largest absolute Gasteiger partial charge is 0.303 e. The van der Waals surface area contributed by atoms with Crippen LogP contribution in [0.3, 0.4) is 0 Å². The lowest BCUT2D eigenvalue weighted by molar-refractivity contribution is -0.109. The molecule has 62 valence electrons. The number of carbonyl (C=O) groups is 1. The maximum Gasteiger partial charge on any atom is 0.154 e. The van der Waals surface area contributed by atoms with Crippen LogP contribution < -0.4 is 0 Å². The van der Waals surface area contributed by atoms with Gasteiger partial charge in [-0.15, -0.1) is 0 Å². The number of aldehydes is 1. The summed E-state index contributed by atoms with van der Waals surface area (Å²) in [5.41, 5.74) is 0. The zero-order valence-electron chi connectivity index (χ0n) is 6.06. The van der Waals surface area contributed by atoms with Gasteiger partial charge in [-0.1, -0.05) is 0 Å². The van der Waals surface area contributed by atoms with Gasteiger partial charge in [-0.25, -0.2) is 8.42 Å². The van der Waals surface area contributed by atoms with Gasteiger partial charge in [-0.3, -0.25) is 0 Å². The van der Waals surface area contributed by atoms with Crippen molar-refractivity contribution in [1.82, 2.24) is 0 Å². The lowest BCUT2D eigenvalue weighted by Gasteiger charge is -2.07. The van der Waals surface area contributed by atoms with E-state index >= 15 is 0 Å². The molecule has 1 saturated heterocycles. The molecule has 2 fully saturated rings. The van der Waals surface area contributed by atoms with E-state index in [1.165, 1.54) is 0 Å². The summed E-state index contributed by atoms with van der Waals surface area (Å²) in [6, 6.07) is 0. The van der Waals surface area contributed by atoms with Crippen molar-refractivity contribution in [3.8, 4) is 0 Å². The van der Waals surface area contributed by atoms with Gasteiger partial charge in [0.25, 0.3) is 0 Å². The quantitative estimate of drug-likeness (QED) is 0.526. The van der Waals surface area contributed by atoms with Crippen LogP contribution in [0.2, 0.25) is 0 Å². The average Bonchev–Trinajstić information content (AvgIpc) is 2.62. The van der Waals surface area contributed by atoms with E-state index in [0.717, 1.165) is 19.1 Å². The van der Waals surface area contributed by atoms with Gasteiger partial charge in [0, 0.05) is 5.92 Å². The highest BCUT2D eigenvalue weighted by molar-refractivity contribution is 7.92. The van der Waals surface area contributed by atoms with Crippen LogP contribution in [0.5, 0.6) is 0 Å². The Morgan fingerprint density at radius 2 is 2.09 bits per heavy atom. The molecule has 0 aromatic heterocycles. The molecule has 0 radical (unpaired) electrons. The molecule has 0 amide bonds. The van der Waals surface area contributed by atoms with Crippen molar-refractivity contribution in [3.63, 3.8) is 0 Å². The Kier molecular flexibility index (Phi) is 1.36. The molecule has 1 saturated carbocycles. The fourth-order valence-corrected chi connectivity index (χ4v) is 4.41. The molecule has 1 heterocycles. The number of hydrogen-bond acceptors (Lipinski definition) is 3. The maximum atomic E-state index is 11.2. The summed E-state index contributed by atoms with van der Waals surface area (Å²) in [6.45, 7) is 0. The van der Waals surface area contributed by atoms with Crippen LogP contribution in [0, 0.1) is 11.8 Å². The van der Waals surface area contributed by atoms with Crippen LogP contribution in [0.15, 0.2) is 0 Å². The average molecular weight is 174 g/mol. The first kappa shape index (κ1) is 7.28. The van der Waals surface area contributed by atoms with Crippen LogP contribution in [0.1, 0.15) is 12.8 Å². The molecule has 3 atom stereocenters. The molecule has 3 nitrogen and oxygen atoms in total. The van der Waals surface area contributed by atoms with E-state index in [2.05, 4.69) is 0 Å². The fourth-order valence-electron chi connectivity index (χ4n) is 2.06. The molecule has 2 rings (SSSR count).